The van der Waals surface area contributed by atoms with Gasteiger partial charge in [-0.3, -0.25) is 0 Å². The van der Waals surface area contributed by atoms with Crippen LogP contribution in [-0.4, -0.2) is 18.3 Å². The second-order valence-electron chi connectivity index (χ2n) is 3.27. The van der Waals surface area contributed by atoms with E-state index in [9.17, 15) is 5.11 Å². The van der Waals surface area contributed by atoms with Crippen LogP contribution >= 0.6 is 0 Å². The van der Waals surface area contributed by atoms with Crippen LogP contribution in [0.5, 0.6) is 5.75 Å². The first-order valence-corrected chi connectivity index (χ1v) is 4.43. The second kappa shape index (κ2) is 4.30. The number of nitrogens with two attached hydrogens (primary N) is 2. The van der Waals surface area contributed by atoms with Gasteiger partial charge >= 0.3 is 0 Å². The lowest BCUT2D eigenvalue weighted by atomic mass is 10.0. The van der Waals surface area contributed by atoms with E-state index in [4.69, 9.17) is 16.2 Å². The van der Waals surface area contributed by atoms with Crippen LogP contribution in [0.1, 0.15) is 18.5 Å². The Morgan fingerprint density at radius 1 is 1.43 bits per heavy atom. The highest BCUT2D eigenvalue weighted by Gasteiger charge is 2.16. The molecule has 0 fully saturated rings. The molecule has 0 aliphatic heterocycles. The first-order valence-electron chi connectivity index (χ1n) is 4.43. The zero-order valence-electron chi connectivity index (χ0n) is 8.40. The fraction of sp³-hybridized carbons (Fsp3) is 0.400. The molecule has 4 heteroatoms. The minimum absolute atomic E-state index is 0.478. The van der Waals surface area contributed by atoms with Crippen molar-refractivity contribution in [1.82, 2.24) is 0 Å². The molecule has 2 atom stereocenters. The van der Waals surface area contributed by atoms with Crippen molar-refractivity contribution in [3.63, 3.8) is 0 Å². The number of aliphatic hydroxyl groups is 1. The van der Waals surface area contributed by atoms with Gasteiger partial charge in [-0.2, -0.15) is 0 Å². The van der Waals surface area contributed by atoms with Gasteiger partial charge in [-0.25, -0.2) is 0 Å². The van der Waals surface area contributed by atoms with E-state index in [1.54, 1.807) is 32.2 Å². The molecule has 1 aromatic carbocycles. The van der Waals surface area contributed by atoms with Gasteiger partial charge < -0.3 is 21.3 Å². The lowest BCUT2D eigenvalue weighted by Crippen LogP contribution is -2.23. The summed E-state index contributed by atoms with van der Waals surface area (Å²) < 4.78 is 5.12. The van der Waals surface area contributed by atoms with E-state index in [0.717, 1.165) is 5.56 Å². The summed E-state index contributed by atoms with van der Waals surface area (Å²) in [5.74, 6) is 0.646. The number of nitrogen functional groups attached to an aromatic ring is 1. The van der Waals surface area contributed by atoms with Crippen LogP contribution in [-0.2, 0) is 0 Å². The number of hydrogen-bond acceptors (Lipinski definition) is 4. The molecule has 0 aliphatic carbocycles. The van der Waals surface area contributed by atoms with Crippen molar-refractivity contribution >= 4 is 5.69 Å². The Kier molecular flexibility index (Phi) is 3.33. The van der Waals surface area contributed by atoms with Gasteiger partial charge in [0, 0.05) is 11.3 Å². The number of anilines is 1. The average Bonchev–Trinajstić information content (AvgIpc) is 2.16. The standard InChI is InChI=1S/C10H16N2O2/c1-6(13)10(12)8-5-7(11)3-4-9(8)14-2/h3-6,10,13H,11-12H2,1-2H3/t6-,10+/m0/s1. The van der Waals surface area contributed by atoms with Gasteiger partial charge in [0.25, 0.3) is 0 Å². The first-order chi connectivity index (χ1) is 6.56. The van der Waals surface area contributed by atoms with Crippen LogP contribution in [0.15, 0.2) is 18.2 Å². The van der Waals surface area contributed by atoms with Crippen molar-refractivity contribution in [2.45, 2.75) is 19.1 Å². The zero-order chi connectivity index (χ0) is 10.7. The Labute approximate surface area is 83.5 Å². The molecule has 0 amide bonds. The Bertz CT molecular complexity index is 313. The summed E-state index contributed by atoms with van der Waals surface area (Å²) in [5, 5.41) is 9.36. The molecule has 1 rings (SSSR count). The first kappa shape index (κ1) is 10.8. The third-order valence-corrected chi connectivity index (χ3v) is 2.13. The summed E-state index contributed by atoms with van der Waals surface area (Å²) in [5.41, 5.74) is 12.8. The molecular formula is C10H16N2O2. The lowest BCUT2D eigenvalue weighted by Gasteiger charge is -2.18. The van der Waals surface area contributed by atoms with Crippen molar-refractivity contribution in [3.05, 3.63) is 23.8 Å². The summed E-state index contributed by atoms with van der Waals surface area (Å²) in [6, 6.07) is 4.72. The average molecular weight is 196 g/mol. The molecule has 0 unspecified atom stereocenters. The van der Waals surface area contributed by atoms with Gasteiger partial charge in [0.2, 0.25) is 0 Å². The van der Waals surface area contributed by atoms with Crippen molar-refractivity contribution in [3.8, 4) is 5.75 Å². The highest BCUT2D eigenvalue weighted by Crippen LogP contribution is 2.27. The molecule has 0 spiro atoms. The lowest BCUT2D eigenvalue weighted by molar-refractivity contribution is 0.162. The molecule has 4 nitrogen and oxygen atoms in total. The molecular weight excluding hydrogens is 180 g/mol. The third-order valence-electron chi connectivity index (χ3n) is 2.13. The number of aliphatic hydroxyl groups excluding tert-OH is 1. The van der Waals surface area contributed by atoms with Crippen LogP contribution in [0.25, 0.3) is 0 Å². The van der Waals surface area contributed by atoms with E-state index in [2.05, 4.69) is 0 Å². The van der Waals surface area contributed by atoms with Gasteiger partial charge in [-0.05, 0) is 25.1 Å². The predicted molar refractivity (Wildman–Crippen MR) is 56.0 cm³/mol. The van der Waals surface area contributed by atoms with Crippen molar-refractivity contribution < 1.29 is 9.84 Å². The Hall–Kier alpha value is -1.26. The second-order valence-corrected chi connectivity index (χ2v) is 3.27. The predicted octanol–water partition coefficient (Wildman–Crippen LogP) is 0.658. The van der Waals surface area contributed by atoms with Gasteiger partial charge in [-0.15, -0.1) is 0 Å². The normalized spacial score (nSPS) is 14.9. The molecule has 1 aromatic rings. The molecule has 14 heavy (non-hydrogen) atoms. The topological polar surface area (TPSA) is 81.5 Å². The monoisotopic (exact) mass is 196 g/mol. The van der Waals surface area contributed by atoms with E-state index in [0.29, 0.717) is 11.4 Å². The highest BCUT2D eigenvalue weighted by atomic mass is 16.5. The number of benzene rings is 1. The largest absolute Gasteiger partial charge is 0.496 e. The summed E-state index contributed by atoms with van der Waals surface area (Å²) in [4.78, 5) is 0. The van der Waals surface area contributed by atoms with Crippen molar-refractivity contribution in [2.24, 2.45) is 5.73 Å². The van der Waals surface area contributed by atoms with E-state index >= 15 is 0 Å². The smallest absolute Gasteiger partial charge is 0.123 e. The number of hydrogen-bond donors (Lipinski definition) is 3. The minimum atomic E-state index is -0.634. The minimum Gasteiger partial charge on any atom is -0.496 e. The summed E-state index contributed by atoms with van der Waals surface area (Å²) in [6.07, 6.45) is -0.634. The zero-order valence-corrected chi connectivity index (χ0v) is 8.40. The Morgan fingerprint density at radius 2 is 2.07 bits per heavy atom. The molecule has 0 aliphatic rings. The molecule has 0 heterocycles. The molecule has 78 valence electrons. The highest BCUT2D eigenvalue weighted by molar-refractivity contribution is 5.49. The SMILES string of the molecule is COc1ccc(N)cc1[C@H](N)[C@H](C)O. The molecule has 0 aromatic heterocycles. The van der Waals surface area contributed by atoms with Gasteiger partial charge in [-0.1, -0.05) is 0 Å². The molecule has 0 bridgehead atoms. The van der Waals surface area contributed by atoms with Gasteiger partial charge in [0.15, 0.2) is 0 Å². The third kappa shape index (κ3) is 2.16. The van der Waals surface area contributed by atoms with Crippen molar-refractivity contribution in [2.75, 3.05) is 12.8 Å². The number of methoxy groups -OCH3 is 1. The molecule has 0 radical (unpaired) electrons. The summed E-state index contributed by atoms with van der Waals surface area (Å²) in [7, 11) is 1.56. The number of ether oxygens (including phenoxy) is 1. The van der Waals surface area contributed by atoms with E-state index in [-0.39, 0.29) is 0 Å². The van der Waals surface area contributed by atoms with Crippen LogP contribution in [0, 0.1) is 0 Å². The maximum absolute atomic E-state index is 9.36. The summed E-state index contributed by atoms with van der Waals surface area (Å²) in [6.45, 7) is 1.63. The Balaban J connectivity index is 3.10. The molecule has 5 N–H and O–H groups in total. The van der Waals surface area contributed by atoms with E-state index in [1.807, 2.05) is 0 Å². The van der Waals surface area contributed by atoms with Gasteiger partial charge in [0.05, 0.1) is 19.3 Å². The Morgan fingerprint density at radius 3 is 2.57 bits per heavy atom. The van der Waals surface area contributed by atoms with Crippen molar-refractivity contribution in [1.29, 1.82) is 0 Å². The molecule has 0 saturated heterocycles. The maximum atomic E-state index is 9.36. The fourth-order valence-corrected chi connectivity index (χ4v) is 1.27. The van der Waals surface area contributed by atoms with Crippen LogP contribution in [0.3, 0.4) is 0 Å². The maximum Gasteiger partial charge on any atom is 0.123 e. The van der Waals surface area contributed by atoms with E-state index in [1.165, 1.54) is 0 Å². The molecule has 0 saturated carbocycles. The fourth-order valence-electron chi connectivity index (χ4n) is 1.27. The van der Waals surface area contributed by atoms with E-state index < -0.39 is 12.1 Å². The van der Waals surface area contributed by atoms with Gasteiger partial charge in [0.1, 0.15) is 5.75 Å². The number of rotatable bonds is 3. The van der Waals surface area contributed by atoms with Crippen LogP contribution in [0.4, 0.5) is 5.69 Å². The summed E-state index contributed by atoms with van der Waals surface area (Å²) >= 11 is 0. The quantitative estimate of drug-likeness (QED) is 0.620. The van der Waals surface area contributed by atoms with Crippen LogP contribution < -0.4 is 16.2 Å². The van der Waals surface area contributed by atoms with Crippen LogP contribution in [0.2, 0.25) is 0 Å².